The lowest BCUT2D eigenvalue weighted by Crippen LogP contribution is -2.47. The summed E-state index contributed by atoms with van der Waals surface area (Å²) in [6, 6.07) is 0. The average molecular weight is 198 g/mol. The molecule has 5 heteroatoms. The van der Waals surface area contributed by atoms with Crippen LogP contribution < -0.4 is 5.73 Å². The third-order valence-electron chi connectivity index (χ3n) is 1.48. The highest BCUT2D eigenvalue weighted by molar-refractivity contribution is 4.77. The molecular formula is C8H17F3N2. The standard InChI is InChI=1S/C8H17F3N2/c1-4-13(5-7(2,3)12)6-8(9,10)11/h4-6,12H2,1-3H3. The fourth-order valence-corrected chi connectivity index (χ4v) is 1.11. The first kappa shape index (κ1) is 12.7. The van der Waals surface area contributed by atoms with Gasteiger partial charge in [0.2, 0.25) is 0 Å². The van der Waals surface area contributed by atoms with Gasteiger partial charge in [-0.25, -0.2) is 0 Å². The van der Waals surface area contributed by atoms with Gasteiger partial charge in [0.25, 0.3) is 0 Å². The maximum atomic E-state index is 12.0. The summed E-state index contributed by atoms with van der Waals surface area (Å²) in [4.78, 5) is 1.29. The van der Waals surface area contributed by atoms with Crippen molar-refractivity contribution in [1.29, 1.82) is 0 Å². The molecule has 0 fully saturated rings. The first-order valence-electron chi connectivity index (χ1n) is 4.22. The Labute approximate surface area is 76.9 Å². The molecule has 0 radical (unpaired) electrons. The molecule has 0 rings (SSSR count). The van der Waals surface area contributed by atoms with Gasteiger partial charge < -0.3 is 5.73 Å². The van der Waals surface area contributed by atoms with Crippen LogP contribution in [0.5, 0.6) is 0 Å². The lowest BCUT2D eigenvalue weighted by molar-refractivity contribution is -0.146. The van der Waals surface area contributed by atoms with Gasteiger partial charge >= 0.3 is 6.18 Å². The van der Waals surface area contributed by atoms with Crippen LogP contribution in [0, 0.1) is 0 Å². The third-order valence-corrected chi connectivity index (χ3v) is 1.48. The van der Waals surface area contributed by atoms with Crippen molar-refractivity contribution in [2.75, 3.05) is 19.6 Å². The molecule has 0 saturated carbocycles. The van der Waals surface area contributed by atoms with Gasteiger partial charge in [-0.15, -0.1) is 0 Å². The number of nitrogens with zero attached hydrogens (tertiary/aromatic N) is 1. The first-order valence-corrected chi connectivity index (χ1v) is 4.22. The van der Waals surface area contributed by atoms with Crippen LogP contribution in [0.1, 0.15) is 20.8 Å². The van der Waals surface area contributed by atoms with Crippen molar-refractivity contribution in [3.8, 4) is 0 Å². The van der Waals surface area contributed by atoms with Crippen LogP contribution in [0.15, 0.2) is 0 Å². The maximum Gasteiger partial charge on any atom is 0.401 e. The zero-order chi connectivity index (χ0) is 10.7. The molecule has 2 nitrogen and oxygen atoms in total. The molecule has 0 aliphatic heterocycles. The van der Waals surface area contributed by atoms with Gasteiger partial charge in [-0.05, 0) is 20.4 Å². The predicted molar refractivity (Wildman–Crippen MR) is 46.4 cm³/mol. The lowest BCUT2D eigenvalue weighted by atomic mass is 10.1. The van der Waals surface area contributed by atoms with E-state index in [0.29, 0.717) is 6.54 Å². The number of rotatable bonds is 4. The number of hydrogen-bond donors (Lipinski definition) is 1. The van der Waals surface area contributed by atoms with Crippen LogP contribution in [0.4, 0.5) is 13.2 Å². The Bertz CT molecular complexity index is 132. The molecule has 0 aromatic heterocycles. The fourth-order valence-electron chi connectivity index (χ4n) is 1.11. The average Bonchev–Trinajstić information content (AvgIpc) is 1.79. The number of halogens is 3. The van der Waals surface area contributed by atoms with Crippen LogP contribution in [0.25, 0.3) is 0 Å². The highest BCUT2D eigenvalue weighted by Gasteiger charge is 2.31. The Balaban J connectivity index is 4.05. The predicted octanol–water partition coefficient (Wildman–Crippen LogP) is 1.61. The largest absolute Gasteiger partial charge is 0.401 e. The minimum absolute atomic E-state index is 0.253. The second-order valence-corrected chi connectivity index (χ2v) is 3.91. The second-order valence-electron chi connectivity index (χ2n) is 3.91. The lowest BCUT2D eigenvalue weighted by Gasteiger charge is -2.29. The topological polar surface area (TPSA) is 29.3 Å². The van der Waals surface area contributed by atoms with Gasteiger partial charge in [0.1, 0.15) is 0 Å². The Hall–Kier alpha value is -0.290. The van der Waals surface area contributed by atoms with Crippen molar-refractivity contribution in [2.45, 2.75) is 32.5 Å². The molecule has 0 aliphatic rings. The molecule has 0 bridgehead atoms. The molecule has 0 heterocycles. The van der Waals surface area contributed by atoms with Crippen molar-refractivity contribution in [3.63, 3.8) is 0 Å². The molecule has 0 atom stereocenters. The summed E-state index contributed by atoms with van der Waals surface area (Å²) in [5, 5.41) is 0. The molecule has 0 unspecified atom stereocenters. The second kappa shape index (κ2) is 4.28. The molecule has 0 aromatic rings. The van der Waals surface area contributed by atoms with E-state index in [4.69, 9.17) is 5.73 Å². The third kappa shape index (κ3) is 8.05. The van der Waals surface area contributed by atoms with Crippen LogP contribution in [-0.4, -0.2) is 36.2 Å². The van der Waals surface area contributed by atoms with Gasteiger partial charge in [-0.2, -0.15) is 13.2 Å². The summed E-state index contributed by atoms with van der Waals surface area (Å²) in [7, 11) is 0. The molecular weight excluding hydrogens is 181 g/mol. The number of likely N-dealkylation sites (N-methyl/N-ethyl adjacent to an activating group) is 1. The summed E-state index contributed by atoms with van der Waals surface area (Å²) in [6.45, 7) is 4.85. The van der Waals surface area contributed by atoms with E-state index in [0.717, 1.165) is 0 Å². The van der Waals surface area contributed by atoms with Crippen LogP contribution >= 0.6 is 0 Å². The van der Waals surface area contributed by atoms with Gasteiger partial charge in [-0.3, -0.25) is 4.90 Å². The Kier molecular flexibility index (Phi) is 4.19. The van der Waals surface area contributed by atoms with E-state index in [1.165, 1.54) is 4.90 Å². The van der Waals surface area contributed by atoms with Crippen molar-refractivity contribution < 1.29 is 13.2 Å². The van der Waals surface area contributed by atoms with E-state index in [9.17, 15) is 13.2 Å². The summed E-state index contributed by atoms with van der Waals surface area (Å²) in [5.74, 6) is 0. The highest BCUT2D eigenvalue weighted by Crippen LogP contribution is 2.17. The fraction of sp³-hybridized carbons (Fsp3) is 1.00. The van der Waals surface area contributed by atoms with E-state index in [-0.39, 0.29) is 6.54 Å². The van der Waals surface area contributed by atoms with Crippen LogP contribution in [-0.2, 0) is 0 Å². The van der Waals surface area contributed by atoms with E-state index in [1.54, 1.807) is 20.8 Å². The zero-order valence-electron chi connectivity index (χ0n) is 8.28. The van der Waals surface area contributed by atoms with E-state index < -0.39 is 18.3 Å². The minimum atomic E-state index is -4.14. The van der Waals surface area contributed by atoms with Crippen molar-refractivity contribution in [3.05, 3.63) is 0 Å². The molecule has 13 heavy (non-hydrogen) atoms. The van der Waals surface area contributed by atoms with Gasteiger partial charge in [0, 0.05) is 12.1 Å². The smallest absolute Gasteiger partial charge is 0.324 e. The maximum absolute atomic E-state index is 12.0. The summed E-state index contributed by atoms with van der Waals surface area (Å²) >= 11 is 0. The zero-order valence-corrected chi connectivity index (χ0v) is 8.28. The molecule has 80 valence electrons. The number of nitrogens with two attached hydrogens (primary N) is 1. The van der Waals surface area contributed by atoms with Gasteiger partial charge in [0.05, 0.1) is 6.54 Å². The quantitative estimate of drug-likeness (QED) is 0.743. The van der Waals surface area contributed by atoms with E-state index >= 15 is 0 Å². The van der Waals surface area contributed by atoms with Crippen molar-refractivity contribution >= 4 is 0 Å². The molecule has 0 spiro atoms. The minimum Gasteiger partial charge on any atom is -0.324 e. The molecule has 0 aromatic carbocycles. The molecule has 2 N–H and O–H groups in total. The van der Waals surface area contributed by atoms with Crippen molar-refractivity contribution in [1.82, 2.24) is 4.90 Å². The Morgan fingerprint density at radius 1 is 1.15 bits per heavy atom. The SMILES string of the molecule is CCN(CC(C)(C)N)CC(F)(F)F. The number of hydrogen-bond acceptors (Lipinski definition) is 2. The molecule has 0 aliphatic carbocycles. The summed E-state index contributed by atoms with van der Waals surface area (Å²) in [6.07, 6.45) is -4.14. The number of alkyl halides is 3. The Morgan fingerprint density at radius 2 is 1.62 bits per heavy atom. The van der Waals surface area contributed by atoms with Crippen LogP contribution in [0.3, 0.4) is 0 Å². The van der Waals surface area contributed by atoms with Gasteiger partial charge in [0.15, 0.2) is 0 Å². The molecule has 0 saturated heterocycles. The van der Waals surface area contributed by atoms with E-state index in [2.05, 4.69) is 0 Å². The normalized spacial score (nSPS) is 13.8. The van der Waals surface area contributed by atoms with Crippen LogP contribution in [0.2, 0.25) is 0 Å². The summed E-state index contributed by atoms with van der Waals surface area (Å²) < 4.78 is 36.0. The van der Waals surface area contributed by atoms with Gasteiger partial charge in [-0.1, -0.05) is 6.92 Å². The van der Waals surface area contributed by atoms with E-state index in [1.807, 2.05) is 0 Å². The first-order chi connectivity index (χ1) is 5.64. The monoisotopic (exact) mass is 198 g/mol. The summed E-state index contributed by atoms with van der Waals surface area (Å²) in [5.41, 5.74) is 5.04. The van der Waals surface area contributed by atoms with Crippen molar-refractivity contribution in [2.24, 2.45) is 5.73 Å². The highest BCUT2D eigenvalue weighted by atomic mass is 19.4. The molecule has 0 amide bonds. The Morgan fingerprint density at radius 3 is 1.85 bits per heavy atom.